The molecule has 2 aromatic carbocycles. The number of aromatic nitrogens is 3. The molecular formula is C18H18N6O7. The Labute approximate surface area is 174 Å². The summed E-state index contributed by atoms with van der Waals surface area (Å²) >= 11 is 0. The Balaban J connectivity index is 1.73. The minimum atomic E-state index is -1.24. The summed E-state index contributed by atoms with van der Waals surface area (Å²) < 4.78 is 6.64. The van der Waals surface area contributed by atoms with Gasteiger partial charge in [-0.15, -0.1) is 0 Å². The number of hydrogen-bond acceptors (Lipinski definition) is 10. The maximum atomic E-state index is 12.1. The molecule has 1 amide bonds. The Kier molecular flexibility index (Phi) is 6.30. The molecule has 1 aromatic heterocycles. The van der Waals surface area contributed by atoms with Crippen molar-refractivity contribution in [2.75, 3.05) is 7.11 Å². The molecule has 13 nitrogen and oxygen atoms in total. The van der Waals surface area contributed by atoms with E-state index in [4.69, 9.17) is 9.94 Å². The van der Waals surface area contributed by atoms with Crippen LogP contribution in [0, 0.1) is 5.21 Å². The van der Waals surface area contributed by atoms with Crippen LogP contribution >= 0.6 is 0 Å². The molecule has 1 atom stereocenters. The second-order valence-corrected chi connectivity index (χ2v) is 6.20. The summed E-state index contributed by atoms with van der Waals surface area (Å²) in [7, 11) is 1.49. The van der Waals surface area contributed by atoms with Crippen molar-refractivity contribution in [3.8, 4) is 23.0 Å². The summed E-state index contributed by atoms with van der Waals surface area (Å²) in [5.74, 6) is -2.54. The van der Waals surface area contributed by atoms with Gasteiger partial charge >= 0.3 is 5.95 Å². The standard InChI is InChI=1S/C18H18N6O7/c1-31-15-3-2-10(4-12(15)8-23-9-19-18(22-23)24(29)30)7-20-21-17(28)11-5-13(25)16(27)14(26)6-11/h2-7,9,24-27,29H,8H2,1H3,(H,21,28). The molecule has 31 heavy (non-hydrogen) atoms. The first-order valence-electron chi connectivity index (χ1n) is 8.66. The highest BCUT2D eigenvalue weighted by atomic mass is 16.8. The van der Waals surface area contributed by atoms with Crippen molar-refractivity contribution in [1.82, 2.24) is 20.2 Å². The average molecular weight is 430 g/mol. The fourth-order valence-electron chi connectivity index (χ4n) is 2.61. The number of quaternary nitrogens is 1. The number of nitrogens with zero attached hydrogens (tertiary/aromatic N) is 4. The van der Waals surface area contributed by atoms with E-state index in [-0.39, 0.29) is 18.1 Å². The normalized spacial score (nSPS) is 12.1. The Morgan fingerprint density at radius 2 is 2.00 bits per heavy atom. The summed E-state index contributed by atoms with van der Waals surface area (Å²) in [4.78, 5) is 15.8. The second kappa shape index (κ2) is 9.08. The SMILES string of the molecule is COc1ccc(C=NNC(=O)c2cc(O)c(O)c(O)c2)cc1Cn1cnc([NH+]([O-])O)n1. The molecule has 0 aliphatic heterocycles. The van der Waals surface area contributed by atoms with E-state index in [9.17, 15) is 25.3 Å². The van der Waals surface area contributed by atoms with Gasteiger partial charge in [0.15, 0.2) is 17.2 Å². The molecule has 0 aliphatic rings. The van der Waals surface area contributed by atoms with E-state index in [1.165, 1.54) is 24.3 Å². The summed E-state index contributed by atoms with van der Waals surface area (Å²) in [6.07, 6.45) is 2.64. The van der Waals surface area contributed by atoms with Crippen molar-refractivity contribution in [2.45, 2.75) is 6.54 Å². The van der Waals surface area contributed by atoms with Gasteiger partial charge in [-0.1, -0.05) is 5.10 Å². The minimum Gasteiger partial charge on any atom is -0.592 e. The molecule has 0 fully saturated rings. The Morgan fingerprint density at radius 1 is 1.29 bits per heavy atom. The van der Waals surface area contributed by atoms with Crippen LogP contribution < -0.4 is 15.4 Å². The lowest BCUT2D eigenvalue weighted by atomic mass is 10.1. The van der Waals surface area contributed by atoms with E-state index in [2.05, 4.69) is 20.6 Å². The van der Waals surface area contributed by atoms with Gasteiger partial charge in [-0.3, -0.25) is 4.79 Å². The van der Waals surface area contributed by atoms with Gasteiger partial charge in [-0.05, 0) is 35.9 Å². The van der Waals surface area contributed by atoms with Crippen molar-refractivity contribution < 1.29 is 35.3 Å². The van der Waals surface area contributed by atoms with E-state index in [0.29, 0.717) is 16.9 Å². The third kappa shape index (κ3) is 5.05. The molecule has 0 aliphatic carbocycles. The Hall–Kier alpha value is -4.20. The number of carbonyl (C=O) groups excluding carboxylic acids is 1. The number of nitrogens with one attached hydrogen (secondary N) is 2. The third-order valence-electron chi connectivity index (χ3n) is 4.08. The number of benzene rings is 2. The molecule has 162 valence electrons. The first-order valence-corrected chi connectivity index (χ1v) is 8.66. The fraction of sp³-hybridized carbons (Fsp3) is 0.111. The quantitative estimate of drug-likeness (QED) is 0.165. The van der Waals surface area contributed by atoms with Gasteiger partial charge in [0, 0.05) is 11.1 Å². The van der Waals surface area contributed by atoms with Crippen molar-refractivity contribution >= 4 is 18.1 Å². The van der Waals surface area contributed by atoms with Gasteiger partial charge in [0.05, 0.1) is 19.9 Å². The van der Waals surface area contributed by atoms with Gasteiger partial charge in [-0.25, -0.2) is 15.3 Å². The third-order valence-corrected chi connectivity index (χ3v) is 4.08. The molecule has 1 heterocycles. The van der Waals surface area contributed by atoms with Crippen LogP contribution in [-0.2, 0) is 6.54 Å². The van der Waals surface area contributed by atoms with Crippen LogP contribution in [0.1, 0.15) is 21.5 Å². The van der Waals surface area contributed by atoms with Crippen LogP contribution in [0.15, 0.2) is 41.8 Å². The first kappa shape index (κ1) is 21.5. The van der Waals surface area contributed by atoms with Crippen molar-refractivity contribution in [3.05, 3.63) is 58.6 Å². The summed E-state index contributed by atoms with van der Waals surface area (Å²) in [6, 6.07) is 7.02. The number of ether oxygens (including phenoxy) is 1. The van der Waals surface area contributed by atoms with Crippen LogP contribution in [0.3, 0.4) is 0 Å². The number of aromatic hydroxyl groups is 3. The molecule has 3 aromatic rings. The molecule has 0 saturated heterocycles. The smallest absolute Gasteiger partial charge is 0.379 e. The van der Waals surface area contributed by atoms with Gasteiger partial charge in [0.1, 0.15) is 12.1 Å². The van der Waals surface area contributed by atoms with Crippen LogP contribution in [0.4, 0.5) is 5.95 Å². The first-order chi connectivity index (χ1) is 14.8. The summed E-state index contributed by atoms with van der Waals surface area (Å²) in [5.41, 5.74) is 3.38. The highest BCUT2D eigenvalue weighted by Gasteiger charge is 2.13. The maximum absolute atomic E-state index is 12.1. The lowest BCUT2D eigenvalue weighted by Gasteiger charge is -2.09. The highest BCUT2D eigenvalue weighted by Crippen LogP contribution is 2.35. The average Bonchev–Trinajstić information content (AvgIpc) is 3.20. The zero-order valence-corrected chi connectivity index (χ0v) is 16.1. The molecule has 13 heteroatoms. The second-order valence-electron chi connectivity index (χ2n) is 6.20. The zero-order valence-electron chi connectivity index (χ0n) is 16.1. The zero-order chi connectivity index (χ0) is 22.5. The number of phenolic OH excluding ortho intramolecular Hbond substituents is 3. The molecule has 1 unspecified atom stereocenters. The van der Waals surface area contributed by atoms with Crippen molar-refractivity contribution in [3.63, 3.8) is 0 Å². The van der Waals surface area contributed by atoms with Crippen molar-refractivity contribution in [1.29, 1.82) is 0 Å². The fourth-order valence-corrected chi connectivity index (χ4v) is 2.61. The molecule has 6 N–H and O–H groups in total. The Morgan fingerprint density at radius 3 is 2.61 bits per heavy atom. The molecule has 0 bridgehead atoms. The molecule has 0 radical (unpaired) electrons. The lowest BCUT2D eigenvalue weighted by Crippen LogP contribution is -2.99. The predicted octanol–water partition coefficient (Wildman–Crippen LogP) is -0.381. The maximum Gasteiger partial charge on any atom is 0.379 e. The number of methoxy groups -OCH3 is 1. The number of hydrazone groups is 1. The lowest BCUT2D eigenvalue weighted by molar-refractivity contribution is -0.995. The molecule has 3 rings (SSSR count). The Bertz CT molecular complexity index is 1110. The largest absolute Gasteiger partial charge is 0.592 e. The highest BCUT2D eigenvalue weighted by molar-refractivity contribution is 5.96. The number of hydrogen-bond donors (Lipinski definition) is 6. The van der Waals surface area contributed by atoms with Crippen LogP contribution in [-0.4, -0.2) is 54.5 Å². The number of carbonyl (C=O) groups is 1. The minimum absolute atomic E-state index is 0.110. The number of phenols is 3. The van der Waals surface area contributed by atoms with Crippen LogP contribution in [0.25, 0.3) is 0 Å². The predicted molar refractivity (Wildman–Crippen MR) is 104 cm³/mol. The van der Waals surface area contributed by atoms with E-state index < -0.39 is 28.4 Å². The summed E-state index contributed by atoms with van der Waals surface area (Å²) in [6.45, 7) is 0.184. The molecule has 0 spiro atoms. The van der Waals surface area contributed by atoms with Crippen LogP contribution in [0.2, 0.25) is 0 Å². The topological polar surface area (TPSA) is 190 Å². The van der Waals surface area contributed by atoms with Crippen LogP contribution in [0.5, 0.6) is 23.0 Å². The van der Waals surface area contributed by atoms with Gasteiger partial charge < -0.3 is 25.3 Å². The molecular weight excluding hydrogens is 412 g/mol. The van der Waals surface area contributed by atoms with E-state index in [0.717, 1.165) is 12.1 Å². The molecule has 0 saturated carbocycles. The van der Waals surface area contributed by atoms with Gasteiger partial charge in [-0.2, -0.15) is 15.3 Å². The van der Waals surface area contributed by atoms with Gasteiger partial charge in [0.2, 0.25) is 0 Å². The van der Waals surface area contributed by atoms with Crippen molar-refractivity contribution in [2.24, 2.45) is 5.10 Å². The summed E-state index contributed by atoms with van der Waals surface area (Å²) in [5, 5.41) is 54.6. The van der Waals surface area contributed by atoms with Gasteiger partial charge in [0.25, 0.3) is 5.91 Å². The number of amides is 1. The van der Waals surface area contributed by atoms with E-state index in [1.807, 2.05) is 0 Å². The van der Waals surface area contributed by atoms with E-state index in [1.54, 1.807) is 18.2 Å². The van der Waals surface area contributed by atoms with E-state index >= 15 is 0 Å². The monoisotopic (exact) mass is 430 g/mol. The number of rotatable bonds is 7.